The second-order valence-corrected chi connectivity index (χ2v) is 6.76. The minimum absolute atomic E-state index is 0.0202. The van der Waals surface area contributed by atoms with Crippen LogP contribution in [0.4, 0.5) is 0 Å². The van der Waals surface area contributed by atoms with E-state index in [0.717, 1.165) is 12.8 Å². The molecular formula is C13H15NO5S. The number of ether oxygens (including phenoxy) is 2. The molecule has 6 nitrogen and oxygen atoms in total. The monoisotopic (exact) mass is 297 g/mol. The molecule has 7 heteroatoms. The van der Waals surface area contributed by atoms with E-state index in [4.69, 9.17) is 14.6 Å². The van der Waals surface area contributed by atoms with E-state index in [-0.39, 0.29) is 4.90 Å². The van der Waals surface area contributed by atoms with Gasteiger partial charge in [-0.3, -0.25) is 0 Å². The Morgan fingerprint density at radius 1 is 1.40 bits per heavy atom. The van der Waals surface area contributed by atoms with Gasteiger partial charge in [-0.2, -0.15) is 0 Å². The zero-order chi connectivity index (χ0) is 14.3. The van der Waals surface area contributed by atoms with Gasteiger partial charge in [-0.25, -0.2) is 18.4 Å². The van der Waals surface area contributed by atoms with E-state index in [2.05, 4.69) is 0 Å². The Morgan fingerprint density at radius 3 is 2.80 bits per heavy atom. The summed E-state index contributed by atoms with van der Waals surface area (Å²) in [6, 6.07) is 4.33. The van der Waals surface area contributed by atoms with Gasteiger partial charge in [0.15, 0.2) is 6.10 Å². The Morgan fingerprint density at radius 2 is 2.15 bits per heavy atom. The van der Waals surface area contributed by atoms with Crippen LogP contribution in [-0.2, 0) is 26.0 Å². The van der Waals surface area contributed by atoms with E-state index in [1.165, 1.54) is 18.2 Å². The Kier molecular flexibility index (Phi) is 3.18. The van der Waals surface area contributed by atoms with E-state index >= 15 is 0 Å². The van der Waals surface area contributed by atoms with Crippen LogP contribution < -0.4 is 9.88 Å². The molecule has 0 radical (unpaired) electrons. The van der Waals surface area contributed by atoms with Crippen LogP contribution in [0.25, 0.3) is 0 Å². The van der Waals surface area contributed by atoms with Crippen LogP contribution in [0.15, 0.2) is 23.1 Å². The molecule has 2 N–H and O–H groups in total. The number of hydrogen-bond donors (Lipinski definition) is 1. The van der Waals surface area contributed by atoms with Crippen molar-refractivity contribution in [3.8, 4) is 5.75 Å². The fraction of sp³-hybridized carbons (Fsp3) is 0.462. The van der Waals surface area contributed by atoms with Crippen LogP contribution in [0, 0.1) is 5.92 Å². The van der Waals surface area contributed by atoms with Crippen LogP contribution in [0.5, 0.6) is 5.75 Å². The molecule has 0 bridgehead atoms. The molecule has 0 aromatic heterocycles. The van der Waals surface area contributed by atoms with Crippen molar-refractivity contribution >= 4 is 16.0 Å². The quantitative estimate of drug-likeness (QED) is 0.821. The largest absolute Gasteiger partial charge is 0.478 e. The Balaban J connectivity index is 1.69. The Labute approximate surface area is 116 Å². The molecule has 1 saturated carbocycles. The zero-order valence-electron chi connectivity index (χ0n) is 10.7. The molecule has 2 aliphatic rings. The maximum Gasteiger partial charge on any atom is 0.347 e. The Hall–Kier alpha value is -1.60. The summed E-state index contributed by atoms with van der Waals surface area (Å²) in [5.41, 5.74) is 0.657. The molecule has 3 rings (SSSR count). The van der Waals surface area contributed by atoms with Crippen LogP contribution >= 0.6 is 0 Å². The summed E-state index contributed by atoms with van der Waals surface area (Å²) >= 11 is 0. The lowest BCUT2D eigenvalue weighted by Crippen LogP contribution is -2.28. The topological polar surface area (TPSA) is 95.7 Å². The first-order valence-corrected chi connectivity index (χ1v) is 7.97. The molecule has 0 saturated heterocycles. The summed E-state index contributed by atoms with van der Waals surface area (Å²) < 4.78 is 33.2. The van der Waals surface area contributed by atoms with E-state index < -0.39 is 22.1 Å². The number of carbonyl (C=O) groups is 1. The summed E-state index contributed by atoms with van der Waals surface area (Å²) in [4.78, 5) is 11.9. The number of sulfonamides is 1. The van der Waals surface area contributed by atoms with Crippen LogP contribution in [0.1, 0.15) is 18.4 Å². The van der Waals surface area contributed by atoms with Gasteiger partial charge in [0.1, 0.15) is 5.75 Å². The van der Waals surface area contributed by atoms with Crippen molar-refractivity contribution < 1.29 is 22.7 Å². The van der Waals surface area contributed by atoms with Gasteiger partial charge >= 0.3 is 5.97 Å². The first kappa shape index (κ1) is 13.4. The predicted molar refractivity (Wildman–Crippen MR) is 69.6 cm³/mol. The number of hydrogen-bond acceptors (Lipinski definition) is 5. The third kappa shape index (κ3) is 2.78. The van der Waals surface area contributed by atoms with E-state index in [0.29, 0.717) is 30.3 Å². The van der Waals surface area contributed by atoms with Crippen LogP contribution in [0.3, 0.4) is 0 Å². The van der Waals surface area contributed by atoms with Gasteiger partial charge in [0.25, 0.3) is 0 Å². The molecule has 1 aliphatic carbocycles. The van der Waals surface area contributed by atoms with Gasteiger partial charge < -0.3 is 9.47 Å². The molecule has 0 amide bonds. The molecule has 108 valence electrons. The highest BCUT2D eigenvalue weighted by Gasteiger charge is 2.32. The van der Waals surface area contributed by atoms with Gasteiger partial charge in [0.2, 0.25) is 10.0 Å². The summed E-state index contributed by atoms with van der Waals surface area (Å²) in [6.07, 6.45) is 1.83. The summed E-state index contributed by atoms with van der Waals surface area (Å²) in [7, 11) is -3.75. The summed E-state index contributed by atoms with van der Waals surface area (Å²) in [5.74, 6) is 0.604. The molecule has 1 unspecified atom stereocenters. The van der Waals surface area contributed by atoms with Crippen molar-refractivity contribution in [3.05, 3.63) is 23.8 Å². The third-order valence-electron chi connectivity index (χ3n) is 3.46. The average Bonchev–Trinajstić information content (AvgIpc) is 3.11. The molecular weight excluding hydrogens is 282 g/mol. The average molecular weight is 297 g/mol. The van der Waals surface area contributed by atoms with E-state index in [1.54, 1.807) is 0 Å². The maximum atomic E-state index is 11.8. The van der Waals surface area contributed by atoms with Crippen molar-refractivity contribution in [1.82, 2.24) is 0 Å². The molecule has 1 heterocycles. The van der Waals surface area contributed by atoms with Gasteiger partial charge in [-0.15, -0.1) is 0 Å². The highest BCUT2D eigenvalue weighted by molar-refractivity contribution is 7.89. The molecule has 1 aromatic rings. The number of benzene rings is 1. The number of primary sulfonamides is 1. The Bertz CT molecular complexity index is 651. The third-order valence-corrected chi connectivity index (χ3v) is 4.37. The molecule has 1 atom stereocenters. The van der Waals surface area contributed by atoms with Crippen LogP contribution in [-0.4, -0.2) is 27.1 Å². The lowest BCUT2D eigenvalue weighted by molar-refractivity contribution is -0.151. The van der Waals surface area contributed by atoms with Gasteiger partial charge in [0.05, 0.1) is 11.5 Å². The molecule has 1 fully saturated rings. The smallest absolute Gasteiger partial charge is 0.347 e. The molecule has 20 heavy (non-hydrogen) atoms. The number of rotatable bonds is 4. The number of carbonyl (C=O) groups excluding carboxylic acids is 1. The first-order chi connectivity index (χ1) is 9.43. The van der Waals surface area contributed by atoms with E-state index in [9.17, 15) is 13.2 Å². The second kappa shape index (κ2) is 4.75. The minimum Gasteiger partial charge on any atom is -0.478 e. The highest BCUT2D eigenvalue weighted by Crippen LogP contribution is 2.32. The van der Waals surface area contributed by atoms with Gasteiger partial charge in [-0.1, -0.05) is 0 Å². The number of nitrogens with two attached hydrogens (primary N) is 1. The van der Waals surface area contributed by atoms with Crippen molar-refractivity contribution in [3.63, 3.8) is 0 Å². The fourth-order valence-electron chi connectivity index (χ4n) is 2.11. The fourth-order valence-corrected chi connectivity index (χ4v) is 2.68. The predicted octanol–water partition coefficient (Wildman–Crippen LogP) is 0.591. The van der Waals surface area contributed by atoms with Gasteiger partial charge in [0, 0.05) is 6.42 Å². The molecule has 1 aliphatic heterocycles. The first-order valence-electron chi connectivity index (χ1n) is 6.42. The zero-order valence-corrected chi connectivity index (χ0v) is 11.6. The maximum absolute atomic E-state index is 11.8. The van der Waals surface area contributed by atoms with Gasteiger partial charge in [-0.05, 0) is 42.5 Å². The lowest BCUT2D eigenvalue weighted by Gasteiger charge is -2.09. The second-order valence-electron chi connectivity index (χ2n) is 5.20. The molecule has 1 aromatic carbocycles. The van der Waals surface area contributed by atoms with Crippen molar-refractivity contribution in [2.75, 3.05) is 6.61 Å². The standard InChI is InChI=1S/C13H15NO5S/c14-20(16,17)10-3-4-11-9(5-10)6-12(19-11)13(15)18-7-8-1-2-8/h3-5,8,12H,1-2,6-7H2,(H2,14,16,17). The van der Waals surface area contributed by atoms with Crippen LogP contribution in [0.2, 0.25) is 0 Å². The highest BCUT2D eigenvalue weighted by atomic mass is 32.2. The number of esters is 1. The van der Waals surface area contributed by atoms with Crippen molar-refractivity contribution in [1.29, 1.82) is 0 Å². The summed E-state index contributed by atoms with van der Waals surface area (Å²) in [6.45, 7) is 0.442. The minimum atomic E-state index is -3.75. The number of fused-ring (bicyclic) bond motifs is 1. The molecule has 0 spiro atoms. The van der Waals surface area contributed by atoms with E-state index in [1.807, 2.05) is 0 Å². The SMILES string of the molecule is NS(=O)(=O)c1ccc2c(c1)CC(C(=O)OCC1CC1)O2. The van der Waals surface area contributed by atoms with Crippen molar-refractivity contribution in [2.24, 2.45) is 11.1 Å². The lowest BCUT2D eigenvalue weighted by atomic mass is 10.1. The van der Waals surface area contributed by atoms with Crippen molar-refractivity contribution in [2.45, 2.75) is 30.3 Å². The summed E-state index contributed by atoms with van der Waals surface area (Å²) in [5, 5.41) is 5.07. The normalized spacial score (nSPS) is 21.1.